The third kappa shape index (κ3) is 3.46. The summed E-state index contributed by atoms with van der Waals surface area (Å²) in [5, 5.41) is 9.02. The molecule has 0 aliphatic rings. The van der Waals surface area contributed by atoms with Crippen LogP contribution in [-0.2, 0) is 15.8 Å². The number of aryl methyl sites for hydroxylation is 1. The maximum atomic E-state index is 11.5. The van der Waals surface area contributed by atoms with E-state index in [1.54, 1.807) is 0 Å². The standard InChI is InChI=1S/C9H14N5O6P/c10-8-13-7(15)5-6(12-4-11-5)14(8)2-1-3-20-9(16)21(17,18)19/h4,9,16H,1-3H2,(H,11,12)(H2,10,13,15)(H2,17,18,19). The van der Waals surface area contributed by atoms with Crippen molar-refractivity contribution in [3.05, 3.63) is 16.7 Å². The molecule has 116 valence electrons. The zero-order chi connectivity index (χ0) is 15.6. The maximum absolute atomic E-state index is 11.5. The first-order valence-electron chi connectivity index (χ1n) is 5.85. The second-order valence-electron chi connectivity index (χ2n) is 4.17. The van der Waals surface area contributed by atoms with Gasteiger partial charge in [0.05, 0.1) is 12.9 Å². The highest BCUT2D eigenvalue weighted by molar-refractivity contribution is 7.52. The van der Waals surface area contributed by atoms with Gasteiger partial charge >= 0.3 is 13.2 Å². The van der Waals surface area contributed by atoms with Gasteiger partial charge in [0.1, 0.15) is 0 Å². The lowest BCUT2D eigenvalue weighted by Crippen LogP contribution is -2.19. The molecule has 0 bridgehead atoms. The van der Waals surface area contributed by atoms with Crippen LogP contribution in [0.4, 0.5) is 5.95 Å². The summed E-state index contributed by atoms with van der Waals surface area (Å²) in [5.74, 6) is -0.0323. The van der Waals surface area contributed by atoms with E-state index in [-0.39, 0.29) is 31.0 Å². The molecular formula is C9H14N5O6P. The zero-order valence-electron chi connectivity index (χ0n) is 10.7. The van der Waals surface area contributed by atoms with E-state index >= 15 is 0 Å². The monoisotopic (exact) mass is 319 g/mol. The summed E-state index contributed by atoms with van der Waals surface area (Å²) in [7, 11) is -4.68. The first kappa shape index (κ1) is 15.6. The van der Waals surface area contributed by atoms with Gasteiger partial charge < -0.3 is 30.3 Å². The zero-order valence-corrected chi connectivity index (χ0v) is 11.6. The number of imidazole rings is 1. The van der Waals surface area contributed by atoms with Crippen LogP contribution in [0.25, 0.3) is 11.2 Å². The fourth-order valence-corrected chi connectivity index (χ4v) is 2.01. The molecule has 0 saturated carbocycles. The number of nitrogens with two attached hydrogens (primary N) is 1. The lowest BCUT2D eigenvalue weighted by atomic mass is 10.4. The number of fused-ring (bicyclic) bond motifs is 1. The van der Waals surface area contributed by atoms with E-state index in [4.69, 9.17) is 20.6 Å². The number of aromatic amines is 1. The molecule has 0 saturated heterocycles. The summed E-state index contributed by atoms with van der Waals surface area (Å²) in [4.78, 5) is 39.0. The lowest BCUT2D eigenvalue weighted by molar-refractivity contribution is -0.0563. The number of nitrogens with one attached hydrogen (secondary N) is 1. The van der Waals surface area contributed by atoms with E-state index in [9.17, 15) is 9.36 Å². The first-order valence-corrected chi connectivity index (χ1v) is 7.53. The minimum absolute atomic E-state index is 0.0323. The minimum Gasteiger partial charge on any atom is -0.369 e. The van der Waals surface area contributed by atoms with Crippen LogP contribution >= 0.6 is 7.60 Å². The van der Waals surface area contributed by atoms with Gasteiger partial charge in [0.25, 0.3) is 6.03 Å². The number of aromatic nitrogens is 4. The molecular weight excluding hydrogens is 305 g/mol. The van der Waals surface area contributed by atoms with Crippen molar-refractivity contribution in [2.75, 3.05) is 12.3 Å². The molecule has 21 heavy (non-hydrogen) atoms. The van der Waals surface area contributed by atoms with Crippen LogP contribution < -0.4 is 11.3 Å². The van der Waals surface area contributed by atoms with Crippen molar-refractivity contribution < 1.29 is 24.2 Å². The van der Waals surface area contributed by atoms with Crippen molar-refractivity contribution in [1.29, 1.82) is 0 Å². The molecule has 0 spiro atoms. The van der Waals surface area contributed by atoms with Gasteiger partial charge in [0.15, 0.2) is 11.2 Å². The summed E-state index contributed by atoms with van der Waals surface area (Å²) in [6.45, 7) is 0.123. The number of ether oxygens (including phenoxy) is 1. The predicted octanol–water partition coefficient (Wildman–Crippen LogP) is -1.44. The van der Waals surface area contributed by atoms with Gasteiger partial charge in [-0.05, 0) is 6.42 Å². The Hall–Kier alpha value is -1.78. The number of nitrogens with zero attached hydrogens (tertiary/aromatic N) is 3. The number of anilines is 1. The first-order chi connectivity index (χ1) is 9.80. The van der Waals surface area contributed by atoms with Gasteiger partial charge in [-0.3, -0.25) is 13.9 Å². The Balaban J connectivity index is 2.03. The number of rotatable bonds is 6. The van der Waals surface area contributed by atoms with E-state index in [0.29, 0.717) is 5.65 Å². The fourth-order valence-electron chi connectivity index (χ4n) is 1.71. The van der Waals surface area contributed by atoms with Gasteiger partial charge in [-0.1, -0.05) is 0 Å². The molecule has 2 rings (SSSR count). The van der Waals surface area contributed by atoms with Crippen molar-refractivity contribution in [2.24, 2.45) is 0 Å². The van der Waals surface area contributed by atoms with Crippen LogP contribution in [0, 0.1) is 0 Å². The normalized spacial score (nSPS) is 13.7. The molecule has 2 heterocycles. The quantitative estimate of drug-likeness (QED) is 0.242. The van der Waals surface area contributed by atoms with Crippen LogP contribution in [-0.4, -0.2) is 47.1 Å². The second kappa shape index (κ2) is 5.92. The van der Waals surface area contributed by atoms with Crippen molar-refractivity contribution >= 4 is 24.7 Å². The van der Waals surface area contributed by atoms with Crippen LogP contribution in [0.1, 0.15) is 6.42 Å². The van der Waals surface area contributed by atoms with E-state index in [1.165, 1.54) is 10.9 Å². The smallest absolute Gasteiger partial charge is 0.369 e. The topological polar surface area (TPSA) is 177 Å². The Kier molecular flexibility index (Phi) is 4.40. The molecule has 0 radical (unpaired) electrons. The SMILES string of the molecule is Nc1nc(=O)c2[nH]cnc2n1CCCOC(O)P(=O)(O)O. The minimum atomic E-state index is -4.68. The van der Waals surface area contributed by atoms with Crippen LogP contribution in [0.5, 0.6) is 0 Å². The molecule has 1 unspecified atom stereocenters. The molecule has 2 aromatic heterocycles. The van der Waals surface area contributed by atoms with Gasteiger partial charge in [-0.15, -0.1) is 0 Å². The van der Waals surface area contributed by atoms with Crippen molar-refractivity contribution in [3.8, 4) is 0 Å². The van der Waals surface area contributed by atoms with E-state index in [0.717, 1.165) is 0 Å². The van der Waals surface area contributed by atoms with Crippen molar-refractivity contribution in [1.82, 2.24) is 19.5 Å². The Bertz CT molecular complexity index is 736. The molecule has 0 aliphatic heterocycles. The molecule has 0 aliphatic carbocycles. The average Bonchev–Trinajstić information content (AvgIpc) is 2.85. The van der Waals surface area contributed by atoms with Crippen molar-refractivity contribution in [3.63, 3.8) is 0 Å². The number of hydrogen-bond donors (Lipinski definition) is 5. The lowest BCUT2D eigenvalue weighted by Gasteiger charge is -2.14. The summed E-state index contributed by atoms with van der Waals surface area (Å²) in [6.07, 6.45) is 1.60. The molecule has 0 amide bonds. The highest BCUT2D eigenvalue weighted by atomic mass is 31.2. The van der Waals surface area contributed by atoms with E-state index in [2.05, 4.69) is 19.7 Å². The third-order valence-electron chi connectivity index (χ3n) is 2.66. The van der Waals surface area contributed by atoms with Gasteiger partial charge in [0.2, 0.25) is 5.95 Å². The van der Waals surface area contributed by atoms with Gasteiger partial charge in [-0.25, -0.2) is 4.98 Å². The number of aliphatic hydroxyl groups is 1. The molecule has 6 N–H and O–H groups in total. The van der Waals surface area contributed by atoms with Crippen molar-refractivity contribution in [2.45, 2.75) is 19.0 Å². The van der Waals surface area contributed by atoms with Crippen LogP contribution in [0.15, 0.2) is 11.1 Å². The van der Waals surface area contributed by atoms with E-state index in [1.807, 2.05) is 0 Å². The Labute approximate surface area is 117 Å². The highest BCUT2D eigenvalue weighted by Gasteiger charge is 2.26. The van der Waals surface area contributed by atoms with Crippen LogP contribution in [0.3, 0.4) is 0 Å². The Morgan fingerprint density at radius 1 is 1.52 bits per heavy atom. The molecule has 11 nitrogen and oxygen atoms in total. The predicted molar refractivity (Wildman–Crippen MR) is 71.2 cm³/mol. The van der Waals surface area contributed by atoms with E-state index < -0.39 is 19.2 Å². The number of H-pyrrole nitrogens is 1. The fraction of sp³-hybridized carbons (Fsp3) is 0.444. The van der Waals surface area contributed by atoms with Gasteiger partial charge in [0, 0.05) is 6.54 Å². The van der Waals surface area contributed by atoms with Gasteiger partial charge in [-0.2, -0.15) is 4.98 Å². The summed E-state index contributed by atoms with van der Waals surface area (Å²) in [5.41, 5.74) is 5.65. The number of aliphatic hydroxyl groups excluding tert-OH is 1. The number of hydrogen-bond acceptors (Lipinski definition) is 7. The molecule has 1 atom stereocenters. The second-order valence-corrected chi connectivity index (χ2v) is 5.79. The summed E-state index contributed by atoms with van der Waals surface area (Å²) in [6, 6.07) is -2.16. The molecule has 0 aromatic carbocycles. The maximum Gasteiger partial charge on any atom is 0.381 e. The Morgan fingerprint density at radius 2 is 2.24 bits per heavy atom. The molecule has 12 heteroatoms. The summed E-state index contributed by atoms with van der Waals surface area (Å²) < 4.78 is 16.7. The Morgan fingerprint density at radius 3 is 2.90 bits per heavy atom. The summed E-state index contributed by atoms with van der Waals surface area (Å²) >= 11 is 0. The molecule has 2 aromatic rings. The van der Waals surface area contributed by atoms with Crippen LogP contribution in [0.2, 0.25) is 0 Å². The highest BCUT2D eigenvalue weighted by Crippen LogP contribution is 2.39. The molecule has 0 fully saturated rings. The number of nitrogen functional groups attached to an aromatic ring is 1. The third-order valence-corrected chi connectivity index (χ3v) is 3.39. The average molecular weight is 319 g/mol. The largest absolute Gasteiger partial charge is 0.381 e.